The molecular weight excluding hydrogens is 374 g/mol. The molecular formula is C21H21N3O3S. The minimum atomic E-state index is -3.12. The van der Waals surface area contributed by atoms with Crippen LogP contribution in [0.5, 0.6) is 0 Å². The topological polar surface area (TPSA) is 80.2 Å². The number of fused-ring (bicyclic) bond motifs is 1. The van der Waals surface area contributed by atoms with Crippen LogP contribution in [-0.2, 0) is 9.84 Å². The molecule has 6 nitrogen and oxygen atoms in total. The minimum absolute atomic E-state index is 0.00328. The van der Waals surface area contributed by atoms with Gasteiger partial charge in [-0.05, 0) is 30.2 Å². The fourth-order valence-corrected chi connectivity index (χ4v) is 5.30. The molecule has 7 heteroatoms. The van der Waals surface area contributed by atoms with Gasteiger partial charge in [-0.15, -0.1) is 0 Å². The highest BCUT2D eigenvalue weighted by Crippen LogP contribution is 2.26. The van der Waals surface area contributed by atoms with Crippen LogP contribution in [0.4, 0.5) is 0 Å². The number of carbonyl (C=O) groups is 1. The third-order valence-corrected chi connectivity index (χ3v) is 6.83. The second kappa shape index (κ2) is 7.31. The van der Waals surface area contributed by atoms with Crippen molar-refractivity contribution in [2.75, 3.05) is 24.6 Å². The highest BCUT2D eigenvalue weighted by Gasteiger charge is 2.28. The molecule has 1 saturated heterocycles. The number of hydrogen-bond acceptors (Lipinski definition) is 5. The first-order chi connectivity index (χ1) is 13.4. The fourth-order valence-electron chi connectivity index (χ4n) is 3.66. The zero-order chi connectivity index (χ0) is 19.7. The summed E-state index contributed by atoms with van der Waals surface area (Å²) in [7, 11) is -3.12. The van der Waals surface area contributed by atoms with E-state index in [0.717, 1.165) is 16.5 Å². The van der Waals surface area contributed by atoms with Crippen LogP contribution in [0, 0.1) is 5.92 Å². The van der Waals surface area contributed by atoms with Gasteiger partial charge in [0, 0.05) is 36.4 Å². The third-order valence-electron chi connectivity index (χ3n) is 4.95. The second-order valence-corrected chi connectivity index (χ2v) is 9.51. The summed E-state index contributed by atoms with van der Waals surface area (Å²) in [5.41, 5.74) is 2.85. The molecule has 0 saturated carbocycles. The van der Waals surface area contributed by atoms with E-state index in [1.165, 1.54) is 0 Å². The van der Waals surface area contributed by atoms with E-state index in [1.54, 1.807) is 23.4 Å². The summed E-state index contributed by atoms with van der Waals surface area (Å²) in [6.45, 7) is 2.52. The van der Waals surface area contributed by atoms with Crippen LogP contribution >= 0.6 is 0 Å². The number of para-hydroxylation sites is 1. The van der Waals surface area contributed by atoms with Crippen molar-refractivity contribution in [1.82, 2.24) is 14.9 Å². The van der Waals surface area contributed by atoms with E-state index in [1.807, 2.05) is 43.3 Å². The number of nitrogens with zero attached hydrogens (tertiary/aromatic N) is 3. The van der Waals surface area contributed by atoms with E-state index in [-0.39, 0.29) is 29.9 Å². The van der Waals surface area contributed by atoms with E-state index in [2.05, 4.69) is 4.98 Å². The third kappa shape index (κ3) is 3.75. The Morgan fingerprint density at radius 3 is 2.68 bits per heavy atom. The van der Waals surface area contributed by atoms with Gasteiger partial charge in [-0.2, -0.15) is 0 Å². The molecule has 1 aliphatic heterocycles. The highest BCUT2D eigenvalue weighted by molar-refractivity contribution is 7.91. The molecule has 3 heterocycles. The lowest BCUT2D eigenvalue weighted by Crippen LogP contribution is -2.35. The average molecular weight is 395 g/mol. The Morgan fingerprint density at radius 1 is 1.14 bits per heavy atom. The molecule has 0 bridgehead atoms. The maximum atomic E-state index is 13.4. The molecule has 2 aromatic heterocycles. The Bertz CT molecular complexity index is 1130. The summed E-state index contributed by atoms with van der Waals surface area (Å²) in [5.74, 6) is -0.124. The number of rotatable bonds is 2. The average Bonchev–Trinajstić information content (AvgIpc) is 2.84. The molecule has 0 aliphatic carbocycles. The molecule has 1 fully saturated rings. The molecule has 4 rings (SSSR count). The van der Waals surface area contributed by atoms with Gasteiger partial charge in [0.2, 0.25) is 0 Å². The summed E-state index contributed by atoms with van der Waals surface area (Å²) < 4.78 is 24.2. The van der Waals surface area contributed by atoms with Gasteiger partial charge in [0.1, 0.15) is 0 Å². The van der Waals surface area contributed by atoms with Crippen molar-refractivity contribution in [3.63, 3.8) is 0 Å². The Morgan fingerprint density at radius 2 is 1.89 bits per heavy atom. The predicted octanol–water partition coefficient (Wildman–Crippen LogP) is 2.80. The summed E-state index contributed by atoms with van der Waals surface area (Å²) in [4.78, 5) is 23.8. The number of hydrogen-bond donors (Lipinski definition) is 0. The van der Waals surface area contributed by atoms with Gasteiger partial charge in [-0.25, -0.2) is 13.4 Å². The number of pyridine rings is 2. The quantitative estimate of drug-likeness (QED) is 0.667. The number of benzene rings is 1. The fraction of sp³-hybridized carbons (Fsp3) is 0.286. The first-order valence-electron chi connectivity index (χ1n) is 9.23. The van der Waals surface area contributed by atoms with E-state index in [9.17, 15) is 13.2 Å². The normalized spacial score (nSPS) is 19.3. The van der Waals surface area contributed by atoms with E-state index in [0.29, 0.717) is 17.8 Å². The molecule has 0 radical (unpaired) electrons. The zero-order valence-corrected chi connectivity index (χ0v) is 16.4. The largest absolute Gasteiger partial charge is 0.337 e. The zero-order valence-electron chi connectivity index (χ0n) is 15.6. The monoisotopic (exact) mass is 395 g/mol. The maximum absolute atomic E-state index is 13.4. The van der Waals surface area contributed by atoms with Crippen molar-refractivity contribution in [2.45, 2.75) is 6.92 Å². The Labute approximate surface area is 164 Å². The number of sulfone groups is 1. The standard InChI is InChI=1S/C21H21N3O3S/c1-15-13-24(10-11-28(26,27)14-15)21(25)18-12-20(16-6-8-22-9-7-16)23-19-5-3-2-4-17(18)19/h2-9,12,15H,10-11,13-14H2,1H3. The Hall–Kier alpha value is -2.80. The van der Waals surface area contributed by atoms with Gasteiger partial charge >= 0.3 is 0 Å². The Kier molecular flexibility index (Phi) is 4.85. The molecule has 1 aromatic carbocycles. The van der Waals surface area contributed by atoms with Crippen LogP contribution in [0.1, 0.15) is 17.3 Å². The molecule has 28 heavy (non-hydrogen) atoms. The van der Waals surface area contributed by atoms with Crippen LogP contribution in [-0.4, -0.2) is 53.8 Å². The van der Waals surface area contributed by atoms with Crippen molar-refractivity contribution in [3.05, 3.63) is 60.4 Å². The second-order valence-electron chi connectivity index (χ2n) is 7.28. The SMILES string of the molecule is CC1CN(C(=O)c2cc(-c3ccncc3)nc3ccccc23)CCS(=O)(=O)C1. The highest BCUT2D eigenvalue weighted by atomic mass is 32.2. The van der Waals surface area contributed by atoms with Gasteiger partial charge in [-0.1, -0.05) is 25.1 Å². The van der Waals surface area contributed by atoms with E-state index in [4.69, 9.17) is 4.98 Å². The molecule has 144 valence electrons. The number of aromatic nitrogens is 2. The predicted molar refractivity (Wildman–Crippen MR) is 109 cm³/mol. The van der Waals surface area contributed by atoms with E-state index < -0.39 is 9.84 Å². The van der Waals surface area contributed by atoms with Crippen molar-refractivity contribution < 1.29 is 13.2 Å². The lowest BCUT2D eigenvalue weighted by Gasteiger charge is -2.23. The minimum Gasteiger partial charge on any atom is -0.337 e. The summed E-state index contributed by atoms with van der Waals surface area (Å²) in [5, 5.41) is 0.769. The van der Waals surface area contributed by atoms with Gasteiger partial charge in [-0.3, -0.25) is 9.78 Å². The van der Waals surface area contributed by atoms with Gasteiger partial charge in [0.15, 0.2) is 9.84 Å². The molecule has 0 N–H and O–H groups in total. The summed E-state index contributed by atoms with van der Waals surface area (Å²) in [6, 6.07) is 13.0. The molecule has 1 aliphatic rings. The molecule has 1 amide bonds. The Balaban J connectivity index is 1.80. The summed E-state index contributed by atoms with van der Waals surface area (Å²) in [6.07, 6.45) is 3.38. The van der Waals surface area contributed by atoms with Crippen LogP contribution < -0.4 is 0 Å². The van der Waals surface area contributed by atoms with Crippen molar-refractivity contribution in [2.24, 2.45) is 5.92 Å². The molecule has 1 atom stereocenters. The first-order valence-corrected chi connectivity index (χ1v) is 11.0. The maximum Gasteiger partial charge on any atom is 0.254 e. The molecule has 1 unspecified atom stereocenters. The van der Waals surface area contributed by atoms with Gasteiger partial charge in [0.25, 0.3) is 5.91 Å². The lowest BCUT2D eigenvalue weighted by atomic mass is 10.0. The van der Waals surface area contributed by atoms with Gasteiger partial charge in [0.05, 0.1) is 28.3 Å². The summed E-state index contributed by atoms with van der Waals surface area (Å²) >= 11 is 0. The van der Waals surface area contributed by atoms with Gasteiger partial charge < -0.3 is 4.90 Å². The van der Waals surface area contributed by atoms with Crippen LogP contribution in [0.2, 0.25) is 0 Å². The van der Waals surface area contributed by atoms with Crippen LogP contribution in [0.3, 0.4) is 0 Å². The number of amides is 1. The van der Waals surface area contributed by atoms with Crippen molar-refractivity contribution >= 4 is 26.6 Å². The van der Waals surface area contributed by atoms with Crippen molar-refractivity contribution in [1.29, 1.82) is 0 Å². The lowest BCUT2D eigenvalue weighted by molar-refractivity contribution is 0.0753. The van der Waals surface area contributed by atoms with Crippen LogP contribution in [0.15, 0.2) is 54.9 Å². The molecule has 3 aromatic rings. The smallest absolute Gasteiger partial charge is 0.254 e. The van der Waals surface area contributed by atoms with Crippen molar-refractivity contribution in [3.8, 4) is 11.3 Å². The molecule has 0 spiro atoms. The first kappa shape index (κ1) is 18.6. The number of carbonyl (C=O) groups excluding carboxylic acids is 1. The van der Waals surface area contributed by atoms with E-state index >= 15 is 0 Å². The van der Waals surface area contributed by atoms with Crippen LogP contribution in [0.25, 0.3) is 22.2 Å².